The predicted octanol–water partition coefficient (Wildman–Crippen LogP) is 1.99. The van der Waals surface area contributed by atoms with Crippen molar-refractivity contribution in [1.82, 2.24) is 19.8 Å². The van der Waals surface area contributed by atoms with E-state index >= 15 is 0 Å². The summed E-state index contributed by atoms with van der Waals surface area (Å²) >= 11 is 6.31. The number of hydrogen-bond acceptors (Lipinski definition) is 4. The van der Waals surface area contributed by atoms with E-state index in [0.29, 0.717) is 29.3 Å². The first-order chi connectivity index (χ1) is 9.09. The van der Waals surface area contributed by atoms with Crippen LogP contribution in [0.25, 0.3) is 5.65 Å². The molecule has 0 amide bonds. The zero-order chi connectivity index (χ0) is 15.1. The van der Waals surface area contributed by atoms with E-state index in [1.54, 1.807) is 4.52 Å². The standard InChI is InChI=1S/C12H19ClN4O2S/c1-12(2,3)10-9(13)11-15-14-8(17(11)16-10)6-5-7-20(4,18)19/h16H,5-7H2,1-4H3. The third-order valence-electron chi connectivity index (χ3n) is 3.03. The first-order valence-corrected chi connectivity index (χ1v) is 8.83. The molecule has 0 radical (unpaired) electrons. The molecule has 0 aliphatic rings. The van der Waals surface area contributed by atoms with E-state index in [9.17, 15) is 8.42 Å². The minimum atomic E-state index is -2.95. The molecule has 2 rings (SSSR count). The van der Waals surface area contributed by atoms with Crippen LogP contribution in [-0.2, 0) is 21.7 Å². The van der Waals surface area contributed by atoms with Crippen molar-refractivity contribution < 1.29 is 8.42 Å². The van der Waals surface area contributed by atoms with Crippen LogP contribution in [0.3, 0.4) is 0 Å². The smallest absolute Gasteiger partial charge is 0.196 e. The van der Waals surface area contributed by atoms with Crippen molar-refractivity contribution in [3.8, 4) is 0 Å². The summed E-state index contributed by atoms with van der Waals surface area (Å²) in [5.74, 6) is 0.837. The second-order valence-electron chi connectivity index (χ2n) is 6.06. The first kappa shape index (κ1) is 15.3. The van der Waals surface area contributed by atoms with Gasteiger partial charge in [-0.2, -0.15) is 0 Å². The van der Waals surface area contributed by atoms with E-state index in [1.807, 2.05) is 0 Å². The summed E-state index contributed by atoms with van der Waals surface area (Å²) in [6.07, 6.45) is 2.28. The van der Waals surface area contributed by atoms with Crippen LogP contribution in [0, 0.1) is 0 Å². The van der Waals surface area contributed by atoms with E-state index in [-0.39, 0.29) is 11.2 Å². The number of aryl methyl sites for hydroxylation is 1. The summed E-state index contributed by atoms with van der Waals surface area (Å²) in [4.78, 5) is 0. The Morgan fingerprint density at radius 3 is 2.50 bits per heavy atom. The third kappa shape index (κ3) is 3.15. The topological polar surface area (TPSA) is 80.1 Å². The van der Waals surface area contributed by atoms with E-state index in [0.717, 1.165) is 5.69 Å². The van der Waals surface area contributed by atoms with Gasteiger partial charge < -0.3 is 0 Å². The van der Waals surface area contributed by atoms with Gasteiger partial charge in [0.15, 0.2) is 11.5 Å². The van der Waals surface area contributed by atoms with Gasteiger partial charge in [0.1, 0.15) is 14.9 Å². The summed E-state index contributed by atoms with van der Waals surface area (Å²) < 4.78 is 24.0. The third-order valence-corrected chi connectivity index (χ3v) is 4.42. The van der Waals surface area contributed by atoms with Gasteiger partial charge >= 0.3 is 0 Å². The van der Waals surface area contributed by atoms with Crippen LogP contribution in [0.4, 0.5) is 0 Å². The largest absolute Gasteiger partial charge is 0.293 e. The van der Waals surface area contributed by atoms with Crippen LogP contribution in [0.5, 0.6) is 0 Å². The van der Waals surface area contributed by atoms with Gasteiger partial charge in [-0.25, -0.2) is 12.9 Å². The number of hydrogen-bond donors (Lipinski definition) is 1. The molecule has 2 aromatic heterocycles. The Bertz CT molecular complexity index is 725. The van der Waals surface area contributed by atoms with Gasteiger partial charge in [-0.3, -0.25) is 5.10 Å². The summed E-state index contributed by atoms with van der Waals surface area (Å²) in [5.41, 5.74) is 1.36. The zero-order valence-corrected chi connectivity index (χ0v) is 13.6. The normalized spacial score (nSPS) is 13.2. The highest BCUT2D eigenvalue weighted by Gasteiger charge is 2.24. The number of fused-ring (bicyclic) bond motifs is 1. The predicted molar refractivity (Wildman–Crippen MR) is 79.1 cm³/mol. The van der Waals surface area contributed by atoms with Crippen molar-refractivity contribution in [2.24, 2.45) is 0 Å². The van der Waals surface area contributed by atoms with Gasteiger partial charge in [0.2, 0.25) is 0 Å². The van der Waals surface area contributed by atoms with Crippen LogP contribution in [0.2, 0.25) is 5.02 Å². The molecule has 0 saturated carbocycles. The lowest BCUT2D eigenvalue weighted by atomic mass is 9.92. The molecule has 0 aliphatic carbocycles. The minimum absolute atomic E-state index is 0.123. The molecule has 112 valence electrons. The van der Waals surface area contributed by atoms with Crippen LogP contribution >= 0.6 is 11.6 Å². The molecule has 0 bridgehead atoms. The molecule has 0 aliphatic heterocycles. The maximum atomic E-state index is 11.1. The number of H-pyrrole nitrogens is 1. The summed E-state index contributed by atoms with van der Waals surface area (Å²) in [6, 6.07) is 0. The minimum Gasteiger partial charge on any atom is -0.293 e. The van der Waals surface area contributed by atoms with Crippen LogP contribution in [0.15, 0.2) is 0 Å². The highest BCUT2D eigenvalue weighted by atomic mass is 35.5. The summed E-state index contributed by atoms with van der Waals surface area (Å²) in [6.45, 7) is 6.17. The number of aromatic amines is 1. The Balaban J connectivity index is 2.28. The van der Waals surface area contributed by atoms with Crippen molar-refractivity contribution in [1.29, 1.82) is 0 Å². The molecule has 2 aromatic rings. The van der Waals surface area contributed by atoms with Gasteiger partial charge in [0, 0.05) is 18.1 Å². The van der Waals surface area contributed by atoms with Crippen LogP contribution in [-0.4, -0.2) is 40.2 Å². The van der Waals surface area contributed by atoms with E-state index in [2.05, 4.69) is 36.1 Å². The summed E-state index contributed by atoms with van der Waals surface area (Å²) in [5, 5.41) is 11.9. The molecule has 0 aromatic carbocycles. The molecule has 2 heterocycles. The number of sulfone groups is 1. The summed E-state index contributed by atoms with van der Waals surface area (Å²) in [7, 11) is -2.95. The number of halogens is 1. The van der Waals surface area contributed by atoms with Gasteiger partial charge in [-0.05, 0) is 6.42 Å². The highest BCUT2D eigenvalue weighted by molar-refractivity contribution is 7.90. The molecule has 0 unspecified atom stereocenters. The average Bonchev–Trinajstić information content (AvgIpc) is 2.78. The van der Waals surface area contributed by atoms with E-state index < -0.39 is 9.84 Å². The van der Waals surface area contributed by atoms with Gasteiger partial charge in [-0.1, -0.05) is 32.4 Å². The fourth-order valence-corrected chi connectivity index (χ4v) is 3.12. The van der Waals surface area contributed by atoms with E-state index in [4.69, 9.17) is 11.6 Å². The molecule has 0 spiro atoms. The average molecular weight is 319 g/mol. The fourth-order valence-electron chi connectivity index (χ4n) is 2.00. The Labute approximate surface area is 123 Å². The van der Waals surface area contributed by atoms with Gasteiger partial charge in [0.25, 0.3) is 0 Å². The number of aromatic nitrogens is 4. The Hall–Kier alpha value is -1.08. The number of nitrogens with one attached hydrogen (secondary N) is 1. The Kier molecular flexibility index (Phi) is 3.85. The molecule has 20 heavy (non-hydrogen) atoms. The molecular formula is C12H19ClN4O2S. The maximum absolute atomic E-state index is 11.1. The van der Waals surface area contributed by atoms with Crippen molar-refractivity contribution in [2.45, 2.75) is 39.0 Å². The van der Waals surface area contributed by atoms with Crippen molar-refractivity contribution in [3.63, 3.8) is 0 Å². The molecule has 6 nitrogen and oxygen atoms in total. The lowest BCUT2D eigenvalue weighted by Gasteiger charge is -2.16. The Morgan fingerprint density at radius 1 is 1.30 bits per heavy atom. The second kappa shape index (κ2) is 5.04. The molecular weight excluding hydrogens is 300 g/mol. The highest BCUT2D eigenvalue weighted by Crippen LogP contribution is 2.31. The zero-order valence-electron chi connectivity index (χ0n) is 12.1. The lowest BCUT2D eigenvalue weighted by Crippen LogP contribution is -2.13. The van der Waals surface area contributed by atoms with Crippen LogP contribution in [0.1, 0.15) is 38.7 Å². The van der Waals surface area contributed by atoms with Gasteiger partial charge in [0.05, 0.1) is 11.4 Å². The molecule has 1 N–H and O–H groups in total. The van der Waals surface area contributed by atoms with Crippen LogP contribution < -0.4 is 0 Å². The monoisotopic (exact) mass is 318 g/mol. The van der Waals surface area contributed by atoms with E-state index in [1.165, 1.54) is 6.26 Å². The second-order valence-corrected chi connectivity index (χ2v) is 8.70. The number of nitrogens with zero attached hydrogens (tertiary/aromatic N) is 3. The molecule has 0 atom stereocenters. The molecule has 0 fully saturated rings. The SMILES string of the molecule is CC(C)(C)c1[nH]n2c(CCCS(C)(=O)=O)nnc2c1Cl. The van der Waals surface area contributed by atoms with Crippen molar-refractivity contribution in [2.75, 3.05) is 12.0 Å². The first-order valence-electron chi connectivity index (χ1n) is 6.39. The maximum Gasteiger partial charge on any atom is 0.196 e. The Morgan fingerprint density at radius 2 is 1.95 bits per heavy atom. The lowest BCUT2D eigenvalue weighted by molar-refractivity contribution is 0.559. The molecule has 8 heteroatoms. The quantitative estimate of drug-likeness (QED) is 0.934. The van der Waals surface area contributed by atoms with Crippen molar-refractivity contribution in [3.05, 3.63) is 16.5 Å². The molecule has 0 saturated heterocycles. The van der Waals surface area contributed by atoms with Crippen molar-refractivity contribution >= 4 is 27.1 Å². The fraction of sp³-hybridized carbons (Fsp3) is 0.667. The number of rotatable bonds is 4. The van der Waals surface area contributed by atoms with Gasteiger partial charge in [-0.15, -0.1) is 10.2 Å².